The molecule has 0 spiro atoms. The highest BCUT2D eigenvalue weighted by Gasteiger charge is 2.35. The smallest absolute Gasteiger partial charge is 0.408 e. The van der Waals surface area contributed by atoms with E-state index in [9.17, 15) is 19.5 Å². The normalized spacial score (nSPS) is 15.5. The molecule has 2 rings (SSSR count). The van der Waals surface area contributed by atoms with Crippen LogP contribution in [0.4, 0.5) is 4.79 Å². The number of carboxylic acid groups (broad SMARTS) is 1. The molecule has 1 fully saturated rings. The minimum absolute atomic E-state index is 0.169. The van der Waals surface area contributed by atoms with Gasteiger partial charge in [0.2, 0.25) is 5.91 Å². The first kappa shape index (κ1) is 20.8. The third-order valence-electron chi connectivity index (χ3n) is 3.68. The van der Waals surface area contributed by atoms with E-state index in [-0.39, 0.29) is 18.4 Å². The first-order valence-corrected chi connectivity index (χ1v) is 8.83. The van der Waals surface area contributed by atoms with Crippen LogP contribution in [-0.2, 0) is 14.3 Å². The van der Waals surface area contributed by atoms with Crippen molar-refractivity contribution in [1.29, 1.82) is 0 Å². The number of aliphatic carboxylic acids is 1. The SMILES string of the molecule is CC(C)(C)OC(=O)N[C@@H](CC(=O)N1CC(Oc2ccc(Cl)cc2)C1)C(=O)O. The van der Waals surface area contributed by atoms with E-state index in [0.717, 1.165) is 0 Å². The highest BCUT2D eigenvalue weighted by Crippen LogP contribution is 2.21. The van der Waals surface area contributed by atoms with Crippen molar-refractivity contribution in [2.24, 2.45) is 0 Å². The molecule has 2 N–H and O–H groups in total. The average molecular weight is 399 g/mol. The molecule has 0 unspecified atom stereocenters. The molecule has 1 aromatic rings. The number of amides is 2. The van der Waals surface area contributed by atoms with Crippen molar-refractivity contribution in [2.75, 3.05) is 13.1 Å². The number of likely N-dealkylation sites (tertiary alicyclic amines) is 1. The van der Waals surface area contributed by atoms with Crippen molar-refractivity contribution in [3.05, 3.63) is 29.3 Å². The van der Waals surface area contributed by atoms with Gasteiger partial charge in [-0.3, -0.25) is 4.79 Å². The van der Waals surface area contributed by atoms with Crippen LogP contribution in [0.2, 0.25) is 5.02 Å². The summed E-state index contributed by atoms with van der Waals surface area (Å²) in [6, 6.07) is 5.52. The van der Waals surface area contributed by atoms with Crippen LogP contribution in [0.5, 0.6) is 5.75 Å². The van der Waals surface area contributed by atoms with Crippen molar-refractivity contribution >= 4 is 29.6 Å². The van der Waals surface area contributed by atoms with Gasteiger partial charge in [-0.25, -0.2) is 9.59 Å². The summed E-state index contributed by atoms with van der Waals surface area (Å²) in [5, 5.41) is 12.0. The van der Waals surface area contributed by atoms with Crippen molar-refractivity contribution in [2.45, 2.75) is 44.9 Å². The molecule has 1 heterocycles. The number of alkyl carbamates (subject to hydrolysis) is 1. The summed E-state index contributed by atoms with van der Waals surface area (Å²) >= 11 is 5.81. The van der Waals surface area contributed by atoms with Crippen molar-refractivity contribution in [3.63, 3.8) is 0 Å². The molecule has 8 nitrogen and oxygen atoms in total. The van der Waals surface area contributed by atoms with Gasteiger partial charge in [0, 0.05) is 5.02 Å². The van der Waals surface area contributed by atoms with Gasteiger partial charge < -0.3 is 24.8 Å². The molecule has 0 bridgehead atoms. The summed E-state index contributed by atoms with van der Waals surface area (Å²) in [5.41, 5.74) is -0.763. The number of carboxylic acids is 1. The molecule has 1 atom stereocenters. The van der Waals surface area contributed by atoms with Crippen LogP contribution in [0.25, 0.3) is 0 Å². The van der Waals surface area contributed by atoms with Crippen LogP contribution in [0, 0.1) is 0 Å². The Kier molecular flexibility index (Phi) is 6.54. The van der Waals surface area contributed by atoms with Crippen LogP contribution in [0.3, 0.4) is 0 Å². The number of rotatable bonds is 6. The predicted octanol–water partition coefficient (Wildman–Crippen LogP) is 2.30. The molecule has 27 heavy (non-hydrogen) atoms. The lowest BCUT2D eigenvalue weighted by Crippen LogP contribution is -2.57. The van der Waals surface area contributed by atoms with E-state index in [1.165, 1.54) is 4.90 Å². The van der Waals surface area contributed by atoms with E-state index in [4.69, 9.17) is 21.1 Å². The van der Waals surface area contributed by atoms with Crippen LogP contribution in [0.1, 0.15) is 27.2 Å². The van der Waals surface area contributed by atoms with E-state index in [1.54, 1.807) is 45.0 Å². The third kappa shape index (κ3) is 6.63. The van der Waals surface area contributed by atoms with E-state index in [0.29, 0.717) is 23.9 Å². The van der Waals surface area contributed by atoms with E-state index in [1.807, 2.05) is 0 Å². The summed E-state index contributed by atoms with van der Waals surface area (Å²) in [7, 11) is 0. The number of ether oxygens (including phenoxy) is 2. The van der Waals surface area contributed by atoms with Crippen molar-refractivity contribution < 1.29 is 29.0 Å². The largest absolute Gasteiger partial charge is 0.487 e. The van der Waals surface area contributed by atoms with Crippen LogP contribution in [-0.4, -0.2) is 58.8 Å². The molecule has 1 saturated heterocycles. The lowest BCUT2D eigenvalue weighted by molar-refractivity contribution is -0.147. The predicted molar refractivity (Wildman–Crippen MR) is 97.9 cm³/mol. The minimum Gasteiger partial charge on any atom is -0.487 e. The van der Waals surface area contributed by atoms with Crippen molar-refractivity contribution in [3.8, 4) is 5.75 Å². The summed E-state index contributed by atoms with van der Waals surface area (Å²) in [5.74, 6) is -1.04. The Balaban J connectivity index is 1.80. The molecule has 148 valence electrons. The Morgan fingerprint density at radius 3 is 2.37 bits per heavy atom. The van der Waals surface area contributed by atoms with Crippen LogP contribution >= 0.6 is 11.6 Å². The number of nitrogens with one attached hydrogen (secondary N) is 1. The maximum Gasteiger partial charge on any atom is 0.408 e. The molecule has 1 aliphatic rings. The molecule has 0 aromatic heterocycles. The second-order valence-electron chi connectivity index (χ2n) is 7.23. The zero-order chi connectivity index (χ0) is 20.2. The Hall–Kier alpha value is -2.48. The minimum atomic E-state index is -1.36. The van der Waals surface area contributed by atoms with Crippen molar-refractivity contribution in [1.82, 2.24) is 10.2 Å². The fraction of sp³-hybridized carbons (Fsp3) is 0.500. The zero-order valence-electron chi connectivity index (χ0n) is 15.4. The number of nitrogens with zero attached hydrogens (tertiary/aromatic N) is 1. The van der Waals surface area contributed by atoms with Crippen LogP contribution in [0.15, 0.2) is 24.3 Å². The van der Waals surface area contributed by atoms with Gasteiger partial charge >= 0.3 is 12.1 Å². The molecular weight excluding hydrogens is 376 g/mol. The van der Waals surface area contributed by atoms with Gasteiger partial charge in [-0.1, -0.05) is 11.6 Å². The number of benzene rings is 1. The van der Waals surface area contributed by atoms with Gasteiger partial charge in [-0.05, 0) is 45.0 Å². The average Bonchev–Trinajstić information content (AvgIpc) is 2.49. The summed E-state index contributed by atoms with van der Waals surface area (Å²) < 4.78 is 10.7. The molecule has 1 aliphatic heterocycles. The number of hydrogen-bond donors (Lipinski definition) is 2. The monoisotopic (exact) mass is 398 g/mol. The molecule has 1 aromatic carbocycles. The number of halogens is 1. The Morgan fingerprint density at radius 2 is 1.85 bits per heavy atom. The Morgan fingerprint density at radius 1 is 1.26 bits per heavy atom. The molecular formula is C18H23ClN2O6. The quantitative estimate of drug-likeness (QED) is 0.761. The summed E-state index contributed by atoms with van der Waals surface area (Å²) in [6.45, 7) is 5.68. The Labute approximate surface area is 162 Å². The first-order valence-electron chi connectivity index (χ1n) is 8.46. The highest BCUT2D eigenvalue weighted by atomic mass is 35.5. The van der Waals surface area contributed by atoms with Gasteiger partial charge in [0.25, 0.3) is 0 Å². The third-order valence-corrected chi connectivity index (χ3v) is 3.94. The number of carbonyl (C=O) groups excluding carboxylic acids is 2. The molecule has 0 radical (unpaired) electrons. The Bertz CT molecular complexity index is 695. The lowest BCUT2D eigenvalue weighted by Gasteiger charge is -2.39. The van der Waals surface area contributed by atoms with Crippen LogP contribution < -0.4 is 10.1 Å². The van der Waals surface area contributed by atoms with Gasteiger partial charge in [-0.15, -0.1) is 0 Å². The first-order chi connectivity index (χ1) is 12.5. The lowest BCUT2D eigenvalue weighted by atomic mass is 10.1. The van der Waals surface area contributed by atoms with Gasteiger partial charge in [0.15, 0.2) is 0 Å². The molecule has 2 amide bonds. The van der Waals surface area contributed by atoms with E-state index < -0.39 is 23.7 Å². The van der Waals surface area contributed by atoms with E-state index in [2.05, 4.69) is 5.32 Å². The topological polar surface area (TPSA) is 105 Å². The zero-order valence-corrected chi connectivity index (χ0v) is 16.2. The standard InChI is InChI=1S/C18H23ClN2O6/c1-18(2,3)27-17(25)20-14(16(23)24)8-15(22)21-9-13(10-21)26-12-6-4-11(19)5-7-12/h4-7,13-14H,8-10H2,1-3H3,(H,20,25)(H,23,24)/t14-/m0/s1. The second-order valence-corrected chi connectivity index (χ2v) is 7.67. The molecule has 0 aliphatic carbocycles. The summed E-state index contributed by atoms with van der Waals surface area (Å²) in [4.78, 5) is 36.8. The number of carbonyl (C=O) groups is 3. The van der Waals surface area contributed by atoms with Gasteiger partial charge in [0.1, 0.15) is 23.5 Å². The van der Waals surface area contributed by atoms with Gasteiger partial charge in [-0.2, -0.15) is 0 Å². The second kappa shape index (κ2) is 8.47. The maximum absolute atomic E-state index is 12.2. The number of hydrogen-bond acceptors (Lipinski definition) is 5. The van der Waals surface area contributed by atoms with E-state index >= 15 is 0 Å². The fourth-order valence-electron chi connectivity index (χ4n) is 2.38. The van der Waals surface area contributed by atoms with Gasteiger partial charge in [0.05, 0.1) is 19.5 Å². The highest BCUT2D eigenvalue weighted by molar-refractivity contribution is 6.30. The molecule has 9 heteroatoms. The fourth-order valence-corrected chi connectivity index (χ4v) is 2.50. The maximum atomic E-state index is 12.2. The molecule has 0 saturated carbocycles. The summed E-state index contributed by atoms with van der Waals surface area (Å²) in [6.07, 6.45) is -1.41.